The zero-order valence-corrected chi connectivity index (χ0v) is 8.44. The SMILES string of the molecule is Cc1cc(C)nc(N2C(=O)CNC2=O)n1. The summed E-state index contributed by atoms with van der Waals surface area (Å²) in [4.78, 5) is 31.8. The van der Waals surface area contributed by atoms with Crippen LogP contribution in [-0.2, 0) is 4.79 Å². The number of imide groups is 1. The fraction of sp³-hybridized carbons (Fsp3) is 0.333. The fourth-order valence-corrected chi connectivity index (χ4v) is 1.43. The topological polar surface area (TPSA) is 75.2 Å². The lowest BCUT2D eigenvalue weighted by Gasteiger charge is -2.10. The van der Waals surface area contributed by atoms with Gasteiger partial charge in [-0.2, -0.15) is 4.90 Å². The van der Waals surface area contributed by atoms with Gasteiger partial charge in [0.15, 0.2) is 0 Å². The van der Waals surface area contributed by atoms with E-state index in [0.29, 0.717) is 0 Å². The number of carbonyl (C=O) groups excluding carboxylic acids is 2. The smallest absolute Gasteiger partial charge is 0.328 e. The van der Waals surface area contributed by atoms with Crippen molar-refractivity contribution in [3.63, 3.8) is 0 Å². The molecular weight excluding hydrogens is 196 g/mol. The molecule has 0 bridgehead atoms. The summed E-state index contributed by atoms with van der Waals surface area (Å²) in [6.07, 6.45) is 0. The minimum Gasteiger partial charge on any atom is -0.328 e. The van der Waals surface area contributed by atoms with Crippen molar-refractivity contribution in [3.8, 4) is 0 Å². The third-order valence-corrected chi connectivity index (χ3v) is 2.01. The molecule has 0 aliphatic carbocycles. The maximum Gasteiger partial charge on any atom is 0.331 e. The second kappa shape index (κ2) is 3.30. The summed E-state index contributed by atoms with van der Waals surface area (Å²) < 4.78 is 0. The van der Waals surface area contributed by atoms with Gasteiger partial charge >= 0.3 is 6.03 Å². The highest BCUT2D eigenvalue weighted by Crippen LogP contribution is 2.12. The molecule has 2 rings (SSSR count). The second-order valence-electron chi connectivity index (χ2n) is 3.34. The van der Waals surface area contributed by atoms with Gasteiger partial charge in [-0.05, 0) is 19.9 Å². The average Bonchev–Trinajstić information content (AvgIpc) is 2.44. The van der Waals surface area contributed by atoms with Crippen molar-refractivity contribution >= 4 is 17.9 Å². The minimum atomic E-state index is -0.468. The van der Waals surface area contributed by atoms with Crippen LogP contribution in [0.2, 0.25) is 0 Å². The molecule has 0 radical (unpaired) electrons. The van der Waals surface area contributed by atoms with E-state index in [-0.39, 0.29) is 18.4 Å². The molecule has 1 N–H and O–H groups in total. The van der Waals surface area contributed by atoms with Gasteiger partial charge in [-0.3, -0.25) is 4.79 Å². The third kappa shape index (κ3) is 1.65. The first kappa shape index (κ1) is 9.57. The van der Waals surface area contributed by atoms with Crippen LogP contribution >= 0.6 is 0 Å². The summed E-state index contributed by atoms with van der Waals surface area (Å²) in [6.45, 7) is 3.59. The fourth-order valence-electron chi connectivity index (χ4n) is 1.43. The van der Waals surface area contributed by atoms with E-state index in [9.17, 15) is 9.59 Å². The quantitative estimate of drug-likeness (QED) is 0.663. The standard InChI is InChI=1S/C9H10N4O2/c1-5-3-6(2)12-8(11-5)13-7(14)4-10-9(13)15/h3H,4H2,1-2H3,(H,10,15). The molecule has 0 spiro atoms. The third-order valence-electron chi connectivity index (χ3n) is 2.01. The number of hydrogen-bond acceptors (Lipinski definition) is 4. The Labute approximate surface area is 86.3 Å². The van der Waals surface area contributed by atoms with Gasteiger partial charge in [0.1, 0.15) is 0 Å². The lowest BCUT2D eigenvalue weighted by atomic mass is 10.3. The molecule has 78 valence electrons. The van der Waals surface area contributed by atoms with E-state index in [1.807, 2.05) is 0 Å². The number of aromatic nitrogens is 2. The van der Waals surface area contributed by atoms with Gasteiger partial charge < -0.3 is 5.32 Å². The van der Waals surface area contributed by atoms with Crippen molar-refractivity contribution in [2.75, 3.05) is 11.4 Å². The minimum absolute atomic E-state index is 0.00911. The van der Waals surface area contributed by atoms with Gasteiger partial charge in [0.25, 0.3) is 5.91 Å². The monoisotopic (exact) mass is 206 g/mol. The molecule has 15 heavy (non-hydrogen) atoms. The van der Waals surface area contributed by atoms with Crippen LogP contribution in [0.5, 0.6) is 0 Å². The molecule has 1 aromatic heterocycles. The molecule has 0 aromatic carbocycles. The highest BCUT2D eigenvalue weighted by Gasteiger charge is 2.32. The molecule has 0 saturated carbocycles. The predicted molar refractivity (Wildman–Crippen MR) is 52.4 cm³/mol. The molecule has 1 aliphatic heterocycles. The Morgan fingerprint density at radius 1 is 1.27 bits per heavy atom. The number of nitrogens with one attached hydrogen (secondary N) is 1. The summed E-state index contributed by atoms with van der Waals surface area (Å²) in [5.74, 6) is -0.183. The number of rotatable bonds is 1. The molecule has 1 aliphatic rings. The first-order chi connectivity index (χ1) is 7.08. The van der Waals surface area contributed by atoms with E-state index in [0.717, 1.165) is 16.3 Å². The molecule has 3 amide bonds. The summed E-state index contributed by atoms with van der Waals surface area (Å²) in [7, 11) is 0. The molecule has 6 heteroatoms. The molecule has 0 unspecified atom stereocenters. The Morgan fingerprint density at radius 2 is 1.87 bits per heavy atom. The number of nitrogens with zero attached hydrogens (tertiary/aromatic N) is 3. The van der Waals surface area contributed by atoms with Crippen LogP contribution in [0.4, 0.5) is 10.7 Å². The average molecular weight is 206 g/mol. The van der Waals surface area contributed by atoms with Gasteiger partial charge in [0.2, 0.25) is 5.95 Å². The highest BCUT2D eigenvalue weighted by atomic mass is 16.2. The summed E-state index contributed by atoms with van der Waals surface area (Å²) in [6, 6.07) is 1.31. The van der Waals surface area contributed by atoms with E-state index < -0.39 is 6.03 Å². The lowest BCUT2D eigenvalue weighted by molar-refractivity contribution is -0.115. The van der Waals surface area contributed by atoms with Gasteiger partial charge in [0.05, 0.1) is 6.54 Å². The van der Waals surface area contributed by atoms with E-state index in [1.54, 1.807) is 19.9 Å². The van der Waals surface area contributed by atoms with Crippen molar-refractivity contribution in [2.45, 2.75) is 13.8 Å². The number of carbonyl (C=O) groups is 2. The van der Waals surface area contributed by atoms with Gasteiger partial charge in [0, 0.05) is 11.4 Å². The predicted octanol–water partition coefficient (Wildman–Crippen LogP) is 0.150. The molecule has 1 fully saturated rings. The van der Waals surface area contributed by atoms with Crippen molar-refractivity contribution in [2.24, 2.45) is 0 Å². The van der Waals surface area contributed by atoms with Gasteiger partial charge in [-0.15, -0.1) is 0 Å². The molecular formula is C9H10N4O2. The number of amides is 3. The maximum atomic E-state index is 11.4. The summed E-state index contributed by atoms with van der Waals surface area (Å²) >= 11 is 0. The first-order valence-electron chi connectivity index (χ1n) is 4.51. The van der Waals surface area contributed by atoms with E-state index >= 15 is 0 Å². The Bertz CT molecular complexity index is 407. The van der Waals surface area contributed by atoms with E-state index in [1.165, 1.54) is 0 Å². The van der Waals surface area contributed by atoms with Crippen LogP contribution in [0.15, 0.2) is 6.07 Å². The zero-order chi connectivity index (χ0) is 11.0. The Kier molecular flexibility index (Phi) is 2.11. The number of hydrogen-bond donors (Lipinski definition) is 1. The van der Waals surface area contributed by atoms with Crippen molar-refractivity contribution in [3.05, 3.63) is 17.5 Å². The first-order valence-corrected chi connectivity index (χ1v) is 4.51. The van der Waals surface area contributed by atoms with Crippen LogP contribution in [0.1, 0.15) is 11.4 Å². The molecule has 1 saturated heterocycles. The van der Waals surface area contributed by atoms with Crippen LogP contribution < -0.4 is 10.2 Å². The van der Waals surface area contributed by atoms with E-state index in [2.05, 4.69) is 15.3 Å². The number of urea groups is 1. The molecule has 6 nitrogen and oxygen atoms in total. The van der Waals surface area contributed by atoms with Crippen molar-refractivity contribution in [1.29, 1.82) is 0 Å². The van der Waals surface area contributed by atoms with E-state index in [4.69, 9.17) is 0 Å². The lowest BCUT2D eigenvalue weighted by Crippen LogP contribution is -2.32. The van der Waals surface area contributed by atoms with Crippen LogP contribution in [-0.4, -0.2) is 28.5 Å². The largest absolute Gasteiger partial charge is 0.331 e. The normalized spacial score (nSPS) is 15.7. The Hall–Kier alpha value is -1.98. The van der Waals surface area contributed by atoms with Gasteiger partial charge in [-0.1, -0.05) is 0 Å². The van der Waals surface area contributed by atoms with Crippen molar-refractivity contribution < 1.29 is 9.59 Å². The molecule has 1 aromatic rings. The van der Waals surface area contributed by atoms with Crippen LogP contribution in [0, 0.1) is 13.8 Å². The molecule has 0 atom stereocenters. The van der Waals surface area contributed by atoms with Crippen molar-refractivity contribution in [1.82, 2.24) is 15.3 Å². The molecule has 2 heterocycles. The Balaban J connectivity index is 2.44. The summed E-state index contributed by atoms with van der Waals surface area (Å²) in [5.41, 5.74) is 1.45. The Morgan fingerprint density at radius 3 is 2.33 bits per heavy atom. The number of anilines is 1. The second-order valence-corrected chi connectivity index (χ2v) is 3.34. The van der Waals surface area contributed by atoms with Gasteiger partial charge in [-0.25, -0.2) is 14.8 Å². The van der Waals surface area contributed by atoms with Crippen LogP contribution in [0.3, 0.4) is 0 Å². The van der Waals surface area contributed by atoms with Crippen LogP contribution in [0.25, 0.3) is 0 Å². The number of aryl methyl sites for hydroxylation is 2. The summed E-state index contributed by atoms with van der Waals surface area (Å²) in [5, 5.41) is 2.41. The maximum absolute atomic E-state index is 11.4. The zero-order valence-electron chi connectivity index (χ0n) is 8.44. The highest BCUT2D eigenvalue weighted by molar-refractivity contribution is 6.18.